The lowest BCUT2D eigenvalue weighted by Crippen LogP contribution is -2.08. The third kappa shape index (κ3) is 1.77. The van der Waals surface area contributed by atoms with Crippen molar-refractivity contribution in [1.29, 1.82) is 0 Å². The van der Waals surface area contributed by atoms with Crippen molar-refractivity contribution in [3.8, 4) is 0 Å². The van der Waals surface area contributed by atoms with E-state index in [9.17, 15) is 9.59 Å². The van der Waals surface area contributed by atoms with Gasteiger partial charge in [0.2, 0.25) is 5.76 Å². The molecule has 0 aliphatic rings. The average Bonchev–Trinajstić information content (AvgIpc) is 1.84. The molecule has 0 heterocycles. The Labute approximate surface area is 56.2 Å². The van der Waals surface area contributed by atoms with Crippen LogP contribution in [-0.2, 0) is 9.59 Å². The van der Waals surface area contributed by atoms with Gasteiger partial charge in [0, 0.05) is 0 Å². The van der Waals surface area contributed by atoms with Gasteiger partial charge in [-0.05, 0) is 6.92 Å². The number of aliphatic carboxylic acids is 2. The Morgan fingerprint density at radius 1 is 1.00 bits per heavy atom. The minimum absolute atomic E-state index is 0.576. The molecule has 0 aromatic carbocycles. The van der Waals surface area contributed by atoms with Crippen LogP contribution in [0.1, 0.15) is 6.92 Å². The standard InChI is InChI=1S/C5H6O5/c1-2(4(7)8)3(6)5(9)10/h6H,1H3,(H,7,8)(H,9,10). The van der Waals surface area contributed by atoms with Crippen LogP contribution in [0.5, 0.6) is 0 Å². The molecule has 0 saturated carbocycles. The minimum atomic E-state index is -1.64. The second-order valence-corrected chi connectivity index (χ2v) is 1.58. The zero-order chi connectivity index (χ0) is 8.31. The summed E-state index contributed by atoms with van der Waals surface area (Å²) in [6.07, 6.45) is 0. The Morgan fingerprint density at radius 3 is 1.50 bits per heavy atom. The van der Waals surface area contributed by atoms with Gasteiger partial charge in [0.15, 0.2) is 0 Å². The molecule has 10 heavy (non-hydrogen) atoms. The van der Waals surface area contributed by atoms with Gasteiger partial charge in [-0.25, -0.2) is 9.59 Å². The molecule has 0 amide bonds. The lowest BCUT2D eigenvalue weighted by atomic mass is 10.2. The third-order valence-electron chi connectivity index (χ3n) is 0.879. The van der Waals surface area contributed by atoms with Crippen molar-refractivity contribution in [2.24, 2.45) is 0 Å². The normalized spacial score (nSPS) is 12.1. The fraction of sp³-hybridized carbons (Fsp3) is 0.200. The molecule has 0 fully saturated rings. The number of aliphatic hydroxyl groups excluding tert-OH is 1. The Hall–Kier alpha value is -1.52. The first kappa shape index (κ1) is 8.48. The predicted octanol–water partition coefficient (Wildman–Crippen LogP) is -0.0124. The van der Waals surface area contributed by atoms with Gasteiger partial charge in [-0.15, -0.1) is 0 Å². The Bertz CT molecular complexity index is 180. The van der Waals surface area contributed by atoms with Crippen LogP contribution in [0.2, 0.25) is 0 Å². The van der Waals surface area contributed by atoms with E-state index in [1.807, 2.05) is 0 Å². The summed E-state index contributed by atoms with van der Waals surface area (Å²) in [5, 5.41) is 24.6. The Kier molecular flexibility index (Phi) is 2.43. The molecule has 0 aromatic heterocycles. The molecule has 0 saturated heterocycles. The molecular weight excluding hydrogens is 140 g/mol. The first-order chi connectivity index (χ1) is 4.46. The predicted molar refractivity (Wildman–Crippen MR) is 30.6 cm³/mol. The third-order valence-corrected chi connectivity index (χ3v) is 0.879. The summed E-state index contributed by atoms with van der Waals surface area (Å²) in [5.41, 5.74) is -0.576. The zero-order valence-electron chi connectivity index (χ0n) is 5.16. The van der Waals surface area contributed by atoms with Crippen molar-refractivity contribution in [3.05, 3.63) is 11.3 Å². The van der Waals surface area contributed by atoms with Crippen LogP contribution in [-0.4, -0.2) is 27.3 Å². The highest BCUT2D eigenvalue weighted by molar-refractivity contribution is 5.96. The highest BCUT2D eigenvalue weighted by Gasteiger charge is 2.13. The van der Waals surface area contributed by atoms with Crippen LogP contribution in [0.4, 0.5) is 0 Å². The van der Waals surface area contributed by atoms with Gasteiger partial charge < -0.3 is 15.3 Å². The van der Waals surface area contributed by atoms with E-state index >= 15 is 0 Å². The van der Waals surface area contributed by atoms with E-state index < -0.39 is 23.3 Å². The van der Waals surface area contributed by atoms with E-state index in [4.69, 9.17) is 15.3 Å². The zero-order valence-corrected chi connectivity index (χ0v) is 5.16. The highest BCUT2D eigenvalue weighted by atomic mass is 16.4. The fourth-order valence-electron chi connectivity index (χ4n) is 0.262. The summed E-state index contributed by atoms with van der Waals surface area (Å²) in [6, 6.07) is 0. The van der Waals surface area contributed by atoms with Crippen molar-refractivity contribution in [1.82, 2.24) is 0 Å². The second kappa shape index (κ2) is 2.86. The molecule has 0 aliphatic carbocycles. The van der Waals surface area contributed by atoms with E-state index in [1.165, 1.54) is 0 Å². The van der Waals surface area contributed by atoms with Crippen LogP contribution in [0.15, 0.2) is 11.3 Å². The van der Waals surface area contributed by atoms with Crippen molar-refractivity contribution >= 4 is 11.9 Å². The van der Waals surface area contributed by atoms with Crippen molar-refractivity contribution < 1.29 is 24.9 Å². The van der Waals surface area contributed by atoms with Gasteiger partial charge in [0.1, 0.15) is 0 Å². The molecule has 0 radical (unpaired) electrons. The largest absolute Gasteiger partial charge is 0.501 e. The van der Waals surface area contributed by atoms with Crippen molar-refractivity contribution in [2.45, 2.75) is 6.92 Å². The quantitative estimate of drug-likeness (QED) is 0.376. The molecule has 0 bridgehead atoms. The number of carboxylic acids is 2. The van der Waals surface area contributed by atoms with E-state index in [-0.39, 0.29) is 0 Å². The lowest BCUT2D eigenvalue weighted by molar-refractivity contribution is -0.138. The maximum absolute atomic E-state index is 9.96. The maximum Gasteiger partial charge on any atom is 0.371 e. The molecule has 0 spiro atoms. The van der Waals surface area contributed by atoms with Gasteiger partial charge in [-0.2, -0.15) is 0 Å². The summed E-state index contributed by atoms with van der Waals surface area (Å²) in [5.74, 6) is -4.22. The molecule has 0 atom stereocenters. The summed E-state index contributed by atoms with van der Waals surface area (Å²) in [6.45, 7) is 1.01. The first-order valence-corrected chi connectivity index (χ1v) is 2.33. The number of hydrogen-bond donors (Lipinski definition) is 3. The molecule has 5 heteroatoms. The smallest absolute Gasteiger partial charge is 0.371 e. The van der Waals surface area contributed by atoms with E-state index in [2.05, 4.69) is 0 Å². The average molecular weight is 146 g/mol. The molecule has 0 aromatic rings. The number of carboxylic acid groups (broad SMARTS) is 2. The molecule has 0 unspecified atom stereocenters. The van der Waals surface area contributed by atoms with Crippen molar-refractivity contribution in [2.75, 3.05) is 0 Å². The van der Waals surface area contributed by atoms with Gasteiger partial charge in [-0.1, -0.05) is 0 Å². The molecule has 0 aliphatic heterocycles. The summed E-state index contributed by atoms with van der Waals surface area (Å²) in [7, 11) is 0. The number of carbonyl (C=O) groups is 2. The maximum atomic E-state index is 9.96. The topological polar surface area (TPSA) is 94.8 Å². The van der Waals surface area contributed by atoms with Crippen LogP contribution in [0, 0.1) is 0 Å². The van der Waals surface area contributed by atoms with Crippen LogP contribution in [0.25, 0.3) is 0 Å². The summed E-state index contributed by atoms with van der Waals surface area (Å²) >= 11 is 0. The number of aliphatic hydroxyl groups is 1. The van der Waals surface area contributed by atoms with Gasteiger partial charge in [0.05, 0.1) is 5.57 Å². The van der Waals surface area contributed by atoms with Crippen LogP contribution in [0.3, 0.4) is 0 Å². The SMILES string of the molecule is CC(C(=O)O)=C(O)C(=O)O. The molecule has 0 rings (SSSR count). The summed E-state index contributed by atoms with van der Waals surface area (Å²) in [4.78, 5) is 19.8. The minimum Gasteiger partial charge on any atom is -0.501 e. The van der Waals surface area contributed by atoms with Gasteiger partial charge in [-0.3, -0.25) is 0 Å². The van der Waals surface area contributed by atoms with Crippen LogP contribution >= 0.6 is 0 Å². The molecule has 56 valence electrons. The van der Waals surface area contributed by atoms with Crippen LogP contribution < -0.4 is 0 Å². The van der Waals surface area contributed by atoms with E-state index in [0.29, 0.717) is 0 Å². The second-order valence-electron chi connectivity index (χ2n) is 1.58. The first-order valence-electron chi connectivity index (χ1n) is 2.33. The monoisotopic (exact) mass is 146 g/mol. The lowest BCUT2D eigenvalue weighted by Gasteiger charge is -1.93. The molecule has 5 nitrogen and oxygen atoms in total. The molecule has 3 N–H and O–H groups in total. The fourth-order valence-corrected chi connectivity index (χ4v) is 0.262. The van der Waals surface area contributed by atoms with Gasteiger partial charge >= 0.3 is 11.9 Å². The number of rotatable bonds is 2. The molecular formula is C5H6O5. The van der Waals surface area contributed by atoms with Crippen molar-refractivity contribution in [3.63, 3.8) is 0 Å². The van der Waals surface area contributed by atoms with E-state index in [0.717, 1.165) is 6.92 Å². The van der Waals surface area contributed by atoms with E-state index in [1.54, 1.807) is 0 Å². The Morgan fingerprint density at radius 2 is 1.40 bits per heavy atom. The highest BCUT2D eigenvalue weighted by Crippen LogP contribution is 1.99. The van der Waals surface area contributed by atoms with Gasteiger partial charge in [0.25, 0.3) is 0 Å². The summed E-state index contributed by atoms with van der Waals surface area (Å²) < 4.78 is 0. The number of hydrogen-bond acceptors (Lipinski definition) is 3. The Balaban J connectivity index is 4.67.